The minimum absolute atomic E-state index is 0.700. The molecule has 0 aliphatic carbocycles. The first-order valence-electron chi connectivity index (χ1n) is 6.20. The van der Waals surface area contributed by atoms with E-state index < -0.39 is 5.97 Å². The molecule has 0 saturated carbocycles. The highest BCUT2D eigenvalue weighted by molar-refractivity contribution is 5.83. The zero-order valence-corrected chi connectivity index (χ0v) is 10.9. The van der Waals surface area contributed by atoms with E-state index in [1.54, 1.807) is 0 Å². The molecule has 0 atom stereocenters. The molecule has 0 aliphatic rings. The zero-order chi connectivity index (χ0) is 13.4. The zero-order valence-electron chi connectivity index (χ0n) is 10.9. The van der Waals surface area contributed by atoms with Gasteiger partial charge in [-0.3, -0.25) is 0 Å². The lowest BCUT2D eigenvalue weighted by atomic mass is 10.1. The second-order valence-corrected chi connectivity index (χ2v) is 4.61. The van der Waals surface area contributed by atoms with Crippen molar-refractivity contribution in [3.63, 3.8) is 0 Å². The summed E-state index contributed by atoms with van der Waals surface area (Å²) in [7, 11) is 0. The SMILES string of the molecule is CC(C)CCCOc1ccc(/C=C/C(=O)[O-])cc1. The van der Waals surface area contributed by atoms with Gasteiger partial charge in [-0.2, -0.15) is 0 Å². The topological polar surface area (TPSA) is 49.4 Å². The summed E-state index contributed by atoms with van der Waals surface area (Å²) >= 11 is 0. The number of carboxylic acid groups (broad SMARTS) is 1. The molecule has 1 rings (SSSR count). The Morgan fingerprint density at radius 3 is 2.56 bits per heavy atom. The van der Waals surface area contributed by atoms with E-state index in [2.05, 4.69) is 13.8 Å². The molecule has 3 nitrogen and oxygen atoms in total. The molecule has 98 valence electrons. The predicted octanol–water partition coefficient (Wildman–Crippen LogP) is 2.26. The molecule has 0 aliphatic heterocycles. The third-order valence-corrected chi connectivity index (χ3v) is 2.49. The van der Waals surface area contributed by atoms with Gasteiger partial charge in [-0.15, -0.1) is 0 Å². The maximum absolute atomic E-state index is 10.2. The van der Waals surface area contributed by atoms with E-state index in [1.165, 1.54) is 6.08 Å². The Bertz CT molecular complexity index is 391. The highest BCUT2D eigenvalue weighted by Gasteiger charge is 1.96. The van der Waals surface area contributed by atoms with Crippen molar-refractivity contribution >= 4 is 12.0 Å². The summed E-state index contributed by atoms with van der Waals surface area (Å²) in [5.41, 5.74) is 0.814. The van der Waals surface area contributed by atoms with Crippen molar-refractivity contribution in [2.45, 2.75) is 26.7 Å². The van der Waals surface area contributed by atoms with Gasteiger partial charge in [-0.1, -0.05) is 32.1 Å². The molecule has 18 heavy (non-hydrogen) atoms. The van der Waals surface area contributed by atoms with Crippen LogP contribution in [0.25, 0.3) is 6.08 Å². The van der Waals surface area contributed by atoms with E-state index in [1.807, 2.05) is 24.3 Å². The minimum atomic E-state index is -1.19. The first-order chi connectivity index (χ1) is 8.58. The third-order valence-electron chi connectivity index (χ3n) is 2.49. The average molecular weight is 247 g/mol. The summed E-state index contributed by atoms with van der Waals surface area (Å²) in [4.78, 5) is 10.2. The lowest BCUT2D eigenvalue weighted by Crippen LogP contribution is -2.18. The Morgan fingerprint density at radius 2 is 2.00 bits per heavy atom. The summed E-state index contributed by atoms with van der Waals surface area (Å²) in [5.74, 6) is 0.319. The lowest BCUT2D eigenvalue weighted by Gasteiger charge is -2.07. The molecule has 0 fully saturated rings. The summed E-state index contributed by atoms with van der Waals surface area (Å²) in [5, 5.41) is 10.2. The van der Waals surface area contributed by atoms with Gasteiger partial charge in [0.05, 0.1) is 12.6 Å². The van der Waals surface area contributed by atoms with Gasteiger partial charge in [0.25, 0.3) is 0 Å². The lowest BCUT2D eigenvalue weighted by molar-refractivity contribution is -0.297. The maximum Gasteiger partial charge on any atom is 0.119 e. The van der Waals surface area contributed by atoms with Crippen LogP contribution in [0.2, 0.25) is 0 Å². The fourth-order valence-corrected chi connectivity index (χ4v) is 1.52. The van der Waals surface area contributed by atoms with E-state index in [-0.39, 0.29) is 0 Å². The molecule has 0 N–H and O–H groups in total. The quantitative estimate of drug-likeness (QED) is 0.548. The number of carboxylic acids is 1. The predicted molar refractivity (Wildman–Crippen MR) is 70.1 cm³/mol. The van der Waals surface area contributed by atoms with Crippen LogP contribution in [0.15, 0.2) is 30.3 Å². The molecule has 0 amide bonds. The van der Waals surface area contributed by atoms with Gasteiger partial charge in [0.15, 0.2) is 0 Å². The number of aliphatic carboxylic acids is 1. The van der Waals surface area contributed by atoms with Crippen LogP contribution < -0.4 is 9.84 Å². The van der Waals surface area contributed by atoms with Crippen molar-refractivity contribution in [2.75, 3.05) is 6.61 Å². The number of ether oxygens (including phenoxy) is 1. The van der Waals surface area contributed by atoms with E-state index in [9.17, 15) is 9.90 Å². The summed E-state index contributed by atoms with van der Waals surface area (Å²) in [6.45, 7) is 5.10. The number of carbonyl (C=O) groups is 1. The Kier molecular flexibility index (Phi) is 5.98. The highest BCUT2D eigenvalue weighted by Crippen LogP contribution is 2.14. The van der Waals surface area contributed by atoms with Gasteiger partial charge in [0.2, 0.25) is 0 Å². The maximum atomic E-state index is 10.2. The molecule has 0 spiro atoms. The average Bonchev–Trinajstić information content (AvgIpc) is 2.33. The van der Waals surface area contributed by atoms with Gasteiger partial charge in [-0.05, 0) is 42.5 Å². The van der Waals surface area contributed by atoms with Crippen LogP contribution in [0.1, 0.15) is 32.3 Å². The van der Waals surface area contributed by atoms with E-state index in [0.29, 0.717) is 12.5 Å². The summed E-state index contributed by atoms with van der Waals surface area (Å²) in [6.07, 6.45) is 4.72. The van der Waals surface area contributed by atoms with Crippen molar-refractivity contribution in [3.8, 4) is 5.75 Å². The molecular weight excluding hydrogens is 228 g/mol. The van der Waals surface area contributed by atoms with Crippen LogP contribution in [0, 0.1) is 5.92 Å². The first-order valence-corrected chi connectivity index (χ1v) is 6.20. The van der Waals surface area contributed by atoms with Gasteiger partial charge >= 0.3 is 0 Å². The molecular formula is C15H19O3-. The molecule has 0 radical (unpaired) electrons. The Balaban J connectivity index is 2.38. The molecule has 0 unspecified atom stereocenters. The van der Waals surface area contributed by atoms with Crippen LogP contribution in [-0.4, -0.2) is 12.6 Å². The number of carbonyl (C=O) groups excluding carboxylic acids is 1. The van der Waals surface area contributed by atoms with E-state index >= 15 is 0 Å². The second kappa shape index (κ2) is 7.54. The van der Waals surface area contributed by atoms with Crippen LogP contribution >= 0.6 is 0 Å². The molecule has 0 heterocycles. The first kappa shape index (κ1) is 14.3. The molecule has 1 aromatic rings. The van der Waals surface area contributed by atoms with Crippen molar-refractivity contribution in [1.82, 2.24) is 0 Å². The minimum Gasteiger partial charge on any atom is -0.545 e. The fourth-order valence-electron chi connectivity index (χ4n) is 1.52. The van der Waals surface area contributed by atoms with E-state index in [0.717, 1.165) is 30.2 Å². The molecule has 0 saturated heterocycles. The van der Waals surface area contributed by atoms with Crippen LogP contribution in [0.3, 0.4) is 0 Å². The van der Waals surface area contributed by atoms with Gasteiger partial charge in [0, 0.05) is 0 Å². The van der Waals surface area contributed by atoms with Crippen molar-refractivity contribution in [3.05, 3.63) is 35.9 Å². The standard InChI is InChI=1S/C15H20O3/c1-12(2)4-3-11-18-14-8-5-13(6-9-14)7-10-15(16)17/h5-10,12H,3-4,11H2,1-2H3,(H,16,17)/p-1/b10-7+. The van der Waals surface area contributed by atoms with Crippen LogP contribution in [-0.2, 0) is 4.79 Å². The van der Waals surface area contributed by atoms with Crippen LogP contribution in [0.5, 0.6) is 5.75 Å². The Labute approximate surface area is 108 Å². The molecule has 3 heteroatoms. The second-order valence-electron chi connectivity index (χ2n) is 4.61. The number of benzene rings is 1. The van der Waals surface area contributed by atoms with Crippen LogP contribution in [0.4, 0.5) is 0 Å². The van der Waals surface area contributed by atoms with Gasteiger partial charge in [0.1, 0.15) is 5.75 Å². The third kappa shape index (κ3) is 6.09. The summed E-state index contributed by atoms with van der Waals surface area (Å²) in [6, 6.07) is 7.31. The monoisotopic (exact) mass is 247 g/mol. The van der Waals surface area contributed by atoms with E-state index in [4.69, 9.17) is 4.74 Å². The largest absolute Gasteiger partial charge is 0.545 e. The summed E-state index contributed by atoms with van der Waals surface area (Å²) < 4.78 is 5.58. The fraction of sp³-hybridized carbons (Fsp3) is 0.400. The molecule has 0 bridgehead atoms. The van der Waals surface area contributed by atoms with Crippen molar-refractivity contribution in [2.24, 2.45) is 5.92 Å². The number of rotatable bonds is 7. The Morgan fingerprint density at radius 1 is 1.33 bits per heavy atom. The highest BCUT2D eigenvalue weighted by atomic mass is 16.5. The van der Waals surface area contributed by atoms with Crippen molar-refractivity contribution in [1.29, 1.82) is 0 Å². The normalized spacial score (nSPS) is 11.1. The molecule has 1 aromatic carbocycles. The molecule has 0 aromatic heterocycles. The van der Waals surface area contributed by atoms with Crippen molar-refractivity contribution < 1.29 is 14.6 Å². The van der Waals surface area contributed by atoms with Gasteiger partial charge < -0.3 is 14.6 Å². The smallest absolute Gasteiger partial charge is 0.119 e. The number of hydrogen-bond acceptors (Lipinski definition) is 3. The number of hydrogen-bond donors (Lipinski definition) is 0. The van der Waals surface area contributed by atoms with Gasteiger partial charge in [-0.25, -0.2) is 0 Å². The Hall–Kier alpha value is -1.77.